The van der Waals surface area contributed by atoms with Crippen LogP contribution in [0.4, 0.5) is 0 Å². The Labute approximate surface area is 161 Å². The average Bonchev–Trinajstić information content (AvgIpc) is 3.38. The molecule has 1 saturated heterocycles. The third kappa shape index (κ3) is 3.53. The van der Waals surface area contributed by atoms with Crippen molar-refractivity contribution >= 4 is 11.9 Å². The van der Waals surface area contributed by atoms with Gasteiger partial charge < -0.3 is 10.0 Å². The maximum Gasteiger partial charge on any atom is 0.338 e. The summed E-state index contributed by atoms with van der Waals surface area (Å²) in [5, 5.41) is 20.3. The van der Waals surface area contributed by atoms with Crippen LogP contribution in [0.25, 0.3) is 11.3 Å². The van der Waals surface area contributed by atoms with Crippen LogP contribution in [0, 0.1) is 6.92 Å². The minimum atomic E-state index is -0.984. The molecule has 0 aliphatic carbocycles. The van der Waals surface area contributed by atoms with E-state index in [-0.39, 0.29) is 17.5 Å². The van der Waals surface area contributed by atoms with Crippen molar-refractivity contribution in [3.05, 3.63) is 59.5 Å². The van der Waals surface area contributed by atoms with Crippen molar-refractivity contribution in [2.75, 3.05) is 13.1 Å². The van der Waals surface area contributed by atoms with E-state index < -0.39 is 5.97 Å². The maximum absolute atomic E-state index is 12.8. The minimum Gasteiger partial charge on any atom is -0.478 e. The monoisotopic (exact) mass is 379 g/mol. The smallest absolute Gasteiger partial charge is 0.338 e. The van der Waals surface area contributed by atoms with Crippen LogP contribution >= 0.6 is 0 Å². The van der Waals surface area contributed by atoms with Crippen LogP contribution in [-0.4, -0.2) is 55.0 Å². The molecule has 0 spiro atoms. The highest BCUT2D eigenvalue weighted by Gasteiger charge is 2.26. The molecule has 0 unspecified atom stereocenters. The molecule has 0 saturated carbocycles. The van der Waals surface area contributed by atoms with Crippen LogP contribution < -0.4 is 0 Å². The third-order valence-corrected chi connectivity index (χ3v) is 5.13. The summed E-state index contributed by atoms with van der Waals surface area (Å²) >= 11 is 0. The zero-order valence-corrected chi connectivity index (χ0v) is 15.5. The summed E-state index contributed by atoms with van der Waals surface area (Å²) in [5.41, 5.74) is 3.54. The van der Waals surface area contributed by atoms with Gasteiger partial charge in [-0.25, -0.2) is 4.79 Å². The molecule has 3 aromatic rings. The Bertz CT molecular complexity index is 997. The molecule has 2 aromatic heterocycles. The minimum absolute atomic E-state index is 0.0731. The highest BCUT2D eigenvalue weighted by Crippen LogP contribution is 2.24. The number of aromatic carboxylic acids is 1. The second-order valence-electron chi connectivity index (χ2n) is 7.07. The molecule has 4 rings (SSSR count). The average molecular weight is 379 g/mol. The van der Waals surface area contributed by atoms with Gasteiger partial charge in [0, 0.05) is 24.8 Å². The molecule has 2 N–H and O–H groups in total. The van der Waals surface area contributed by atoms with Crippen molar-refractivity contribution in [3.63, 3.8) is 0 Å². The van der Waals surface area contributed by atoms with Gasteiger partial charge >= 0.3 is 5.97 Å². The van der Waals surface area contributed by atoms with Gasteiger partial charge in [-0.2, -0.15) is 10.2 Å². The number of hydrogen-bond donors (Lipinski definition) is 2. The number of H-pyrrole nitrogens is 1. The Balaban J connectivity index is 1.40. The number of carboxylic acid groups (broad SMARTS) is 1. The van der Waals surface area contributed by atoms with E-state index in [0.29, 0.717) is 18.8 Å². The summed E-state index contributed by atoms with van der Waals surface area (Å²) < 4.78 is 1.69. The summed E-state index contributed by atoms with van der Waals surface area (Å²) in [6.45, 7) is 3.20. The van der Waals surface area contributed by atoms with Crippen LogP contribution in [0.15, 0.2) is 42.7 Å². The van der Waals surface area contributed by atoms with E-state index in [0.717, 1.165) is 24.1 Å². The van der Waals surface area contributed by atoms with Gasteiger partial charge in [0.05, 0.1) is 23.5 Å². The summed E-state index contributed by atoms with van der Waals surface area (Å²) in [7, 11) is 0. The molecule has 3 heterocycles. The SMILES string of the molecule is Cc1ccc(-c2cc(C(=O)N3CCC(n4cc(C(=O)O)cn4)CC3)[nH]n2)cc1. The van der Waals surface area contributed by atoms with Crippen LogP contribution in [0.2, 0.25) is 0 Å². The number of aromatic nitrogens is 4. The van der Waals surface area contributed by atoms with Gasteiger partial charge in [-0.15, -0.1) is 0 Å². The van der Waals surface area contributed by atoms with Crippen molar-refractivity contribution in [1.82, 2.24) is 24.9 Å². The fraction of sp³-hybridized carbons (Fsp3) is 0.300. The van der Waals surface area contributed by atoms with E-state index in [2.05, 4.69) is 15.3 Å². The largest absolute Gasteiger partial charge is 0.478 e. The second kappa shape index (κ2) is 7.30. The molecule has 28 heavy (non-hydrogen) atoms. The number of hydrogen-bond acceptors (Lipinski definition) is 4. The van der Waals surface area contributed by atoms with Crippen molar-refractivity contribution in [3.8, 4) is 11.3 Å². The van der Waals surface area contributed by atoms with Gasteiger partial charge in [-0.1, -0.05) is 29.8 Å². The lowest BCUT2D eigenvalue weighted by atomic mass is 10.0. The van der Waals surface area contributed by atoms with E-state index >= 15 is 0 Å². The number of benzene rings is 1. The fourth-order valence-corrected chi connectivity index (χ4v) is 3.46. The summed E-state index contributed by atoms with van der Waals surface area (Å²) in [6.07, 6.45) is 4.36. The Kier molecular flexibility index (Phi) is 4.68. The number of aromatic amines is 1. The number of carboxylic acids is 1. The Morgan fingerprint density at radius 3 is 2.54 bits per heavy atom. The number of piperidine rings is 1. The molecule has 1 aliphatic heterocycles. The van der Waals surface area contributed by atoms with Gasteiger partial charge in [0.1, 0.15) is 5.69 Å². The summed E-state index contributed by atoms with van der Waals surface area (Å²) in [5.74, 6) is -1.06. The Hall–Kier alpha value is -3.42. The normalized spacial score (nSPS) is 15.0. The highest BCUT2D eigenvalue weighted by atomic mass is 16.4. The van der Waals surface area contributed by atoms with Crippen LogP contribution in [-0.2, 0) is 0 Å². The predicted octanol–water partition coefficient (Wildman–Crippen LogP) is 2.76. The highest BCUT2D eigenvalue weighted by molar-refractivity contribution is 5.93. The predicted molar refractivity (Wildman–Crippen MR) is 102 cm³/mol. The van der Waals surface area contributed by atoms with Crippen molar-refractivity contribution in [2.45, 2.75) is 25.8 Å². The molecular weight excluding hydrogens is 358 g/mol. The molecule has 1 amide bonds. The number of nitrogens with one attached hydrogen (secondary N) is 1. The van der Waals surface area contributed by atoms with Gasteiger partial charge in [-0.3, -0.25) is 14.6 Å². The van der Waals surface area contributed by atoms with E-state index in [1.54, 1.807) is 21.8 Å². The van der Waals surface area contributed by atoms with E-state index in [1.807, 2.05) is 31.2 Å². The molecule has 0 bridgehead atoms. The first-order valence-electron chi connectivity index (χ1n) is 9.20. The number of carbonyl (C=O) groups excluding carboxylic acids is 1. The first-order chi connectivity index (χ1) is 13.5. The van der Waals surface area contributed by atoms with Gasteiger partial charge in [0.2, 0.25) is 0 Å². The molecule has 1 aromatic carbocycles. The number of rotatable bonds is 4. The lowest BCUT2D eigenvalue weighted by Gasteiger charge is -2.31. The quantitative estimate of drug-likeness (QED) is 0.725. The zero-order chi connectivity index (χ0) is 19.7. The number of nitrogens with zero attached hydrogens (tertiary/aromatic N) is 4. The molecule has 0 atom stereocenters. The van der Waals surface area contributed by atoms with Gasteiger partial charge in [0.15, 0.2) is 0 Å². The molecule has 8 nitrogen and oxygen atoms in total. The summed E-state index contributed by atoms with van der Waals surface area (Å²) in [4.78, 5) is 25.6. The van der Waals surface area contributed by atoms with Crippen LogP contribution in [0.5, 0.6) is 0 Å². The first-order valence-corrected chi connectivity index (χ1v) is 9.20. The van der Waals surface area contributed by atoms with E-state index in [1.165, 1.54) is 11.8 Å². The van der Waals surface area contributed by atoms with Gasteiger partial charge in [-0.05, 0) is 25.8 Å². The van der Waals surface area contributed by atoms with Crippen molar-refractivity contribution in [1.29, 1.82) is 0 Å². The lowest BCUT2D eigenvalue weighted by molar-refractivity contribution is 0.0683. The molecule has 144 valence electrons. The molecular formula is C20H21N5O3. The number of aryl methyl sites for hydroxylation is 1. The van der Waals surface area contributed by atoms with E-state index in [9.17, 15) is 9.59 Å². The molecule has 1 fully saturated rings. The van der Waals surface area contributed by atoms with E-state index in [4.69, 9.17) is 5.11 Å². The topological polar surface area (TPSA) is 104 Å². The van der Waals surface area contributed by atoms with Crippen molar-refractivity contribution < 1.29 is 14.7 Å². The number of amides is 1. The number of likely N-dealkylation sites (tertiary alicyclic amines) is 1. The molecule has 0 radical (unpaired) electrons. The second-order valence-corrected chi connectivity index (χ2v) is 7.07. The molecule has 8 heteroatoms. The van der Waals surface area contributed by atoms with Crippen LogP contribution in [0.1, 0.15) is 45.3 Å². The Morgan fingerprint density at radius 2 is 1.89 bits per heavy atom. The lowest BCUT2D eigenvalue weighted by Crippen LogP contribution is -2.39. The standard InChI is InChI=1S/C20H21N5O3/c1-13-2-4-14(5-3-13)17-10-18(23-22-17)19(26)24-8-6-16(7-9-24)25-12-15(11-21-25)20(27)28/h2-5,10-12,16H,6-9H2,1H3,(H,22,23)(H,27,28). The van der Waals surface area contributed by atoms with Crippen LogP contribution in [0.3, 0.4) is 0 Å². The maximum atomic E-state index is 12.8. The Morgan fingerprint density at radius 1 is 1.18 bits per heavy atom. The summed E-state index contributed by atoms with van der Waals surface area (Å²) in [6, 6.07) is 9.89. The van der Waals surface area contributed by atoms with Gasteiger partial charge in [0.25, 0.3) is 5.91 Å². The number of carbonyl (C=O) groups is 2. The first kappa shape index (κ1) is 18.0. The third-order valence-electron chi connectivity index (χ3n) is 5.13. The zero-order valence-electron chi connectivity index (χ0n) is 15.5. The fourth-order valence-electron chi connectivity index (χ4n) is 3.46. The van der Waals surface area contributed by atoms with Crippen molar-refractivity contribution in [2.24, 2.45) is 0 Å². The molecule has 1 aliphatic rings.